The van der Waals surface area contributed by atoms with Gasteiger partial charge in [0.05, 0.1) is 6.61 Å². The highest BCUT2D eigenvalue weighted by molar-refractivity contribution is 5.95. The van der Waals surface area contributed by atoms with Crippen molar-refractivity contribution in [1.82, 2.24) is 20.3 Å². The monoisotopic (exact) mass is 508 g/mol. The van der Waals surface area contributed by atoms with Crippen molar-refractivity contribution < 1.29 is 9.63 Å². The third-order valence-electron chi connectivity index (χ3n) is 6.12. The van der Waals surface area contributed by atoms with Crippen LogP contribution in [0.2, 0.25) is 0 Å². The molecule has 200 valence electrons. The molecule has 1 aliphatic rings. The van der Waals surface area contributed by atoms with Gasteiger partial charge >= 0.3 is 0 Å². The second-order valence-corrected chi connectivity index (χ2v) is 10.8. The summed E-state index contributed by atoms with van der Waals surface area (Å²) < 4.78 is 0. The van der Waals surface area contributed by atoms with E-state index in [0.29, 0.717) is 41.0 Å². The summed E-state index contributed by atoms with van der Waals surface area (Å²) in [6, 6.07) is 7.69. The number of amides is 1. The number of nitrogens with zero attached hydrogens (tertiary/aromatic N) is 6. The number of hydroxylamine groups is 1. The number of benzene rings is 1. The van der Waals surface area contributed by atoms with Crippen LogP contribution in [0.4, 0.5) is 23.3 Å². The molecule has 1 saturated heterocycles. The zero-order valence-electron chi connectivity index (χ0n) is 23.2. The lowest BCUT2D eigenvalue weighted by Crippen LogP contribution is -2.33. The molecule has 1 aromatic heterocycles. The zero-order valence-corrected chi connectivity index (χ0v) is 23.2. The average molecular weight is 509 g/mol. The Morgan fingerprint density at radius 2 is 1.97 bits per heavy atom. The zero-order chi connectivity index (χ0) is 27.2. The average Bonchev–Trinajstić information content (AvgIpc) is 3.06. The Morgan fingerprint density at radius 3 is 2.65 bits per heavy atom. The maximum atomic E-state index is 12.5. The lowest BCUT2D eigenvalue weighted by molar-refractivity contribution is 0.0364. The SMILES string of the molecule is CCONC(=O)c1ccc(C)c(Nc2nc(N(C)CC(C)(C)C)nc(N3CCCN(C)CC3)c2C#N)c1. The van der Waals surface area contributed by atoms with Gasteiger partial charge in [-0.3, -0.25) is 9.63 Å². The highest BCUT2D eigenvalue weighted by Gasteiger charge is 2.25. The van der Waals surface area contributed by atoms with Gasteiger partial charge in [0.15, 0.2) is 11.6 Å². The van der Waals surface area contributed by atoms with Gasteiger partial charge in [0.2, 0.25) is 5.95 Å². The molecule has 3 rings (SSSR count). The summed E-state index contributed by atoms with van der Waals surface area (Å²) in [5.74, 6) is 1.26. The van der Waals surface area contributed by atoms with Crippen molar-refractivity contribution in [2.24, 2.45) is 5.41 Å². The highest BCUT2D eigenvalue weighted by Crippen LogP contribution is 2.31. The third kappa shape index (κ3) is 7.54. The Bertz CT molecular complexity index is 1140. The predicted molar refractivity (Wildman–Crippen MR) is 147 cm³/mol. The molecule has 2 aromatic rings. The molecule has 2 heterocycles. The fraction of sp³-hybridized carbons (Fsp3) is 0.556. The first-order chi connectivity index (χ1) is 17.5. The van der Waals surface area contributed by atoms with E-state index in [1.54, 1.807) is 19.1 Å². The minimum absolute atomic E-state index is 0.0317. The van der Waals surface area contributed by atoms with Crippen LogP contribution in [0.3, 0.4) is 0 Å². The van der Waals surface area contributed by atoms with E-state index >= 15 is 0 Å². The molecule has 1 aliphatic heterocycles. The number of hydrogen-bond donors (Lipinski definition) is 2. The van der Waals surface area contributed by atoms with Crippen LogP contribution in [-0.2, 0) is 4.84 Å². The molecule has 1 fully saturated rings. The van der Waals surface area contributed by atoms with E-state index in [9.17, 15) is 10.1 Å². The van der Waals surface area contributed by atoms with Gasteiger partial charge in [-0.05, 0) is 57.0 Å². The van der Waals surface area contributed by atoms with Gasteiger partial charge in [0, 0.05) is 44.5 Å². The lowest BCUT2D eigenvalue weighted by atomic mass is 9.96. The number of rotatable bonds is 8. The van der Waals surface area contributed by atoms with Crippen LogP contribution in [0, 0.1) is 23.7 Å². The molecule has 10 nitrogen and oxygen atoms in total. The van der Waals surface area contributed by atoms with Crippen molar-refractivity contribution in [2.75, 3.05) is 68.5 Å². The third-order valence-corrected chi connectivity index (χ3v) is 6.12. The fourth-order valence-corrected chi connectivity index (χ4v) is 4.29. The van der Waals surface area contributed by atoms with E-state index in [-0.39, 0.29) is 11.3 Å². The number of anilines is 4. The number of nitriles is 1. The van der Waals surface area contributed by atoms with Crippen molar-refractivity contribution in [3.05, 3.63) is 34.9 Å². The van der Waals surface area contributed by atoms with Crippen LogP contribution in [-0.4, -0.2) is 74.2 Å². The first-order valence-corrected chi connectivity index (χ1v) is 12.8. The van der Waals surface area contributed by atoms with E-state index in [4.69, 9.17) is 14.8 Å². The predicted octanol–water partition coefficient (Wildman–Crippen LogP) is 3.71. The van der Waals surface area contributed by atoms with Crippen LogP contribution in [0.5, 0.6) is 0 Å². The Hall–Kier alpha value is -3.42. The molecule has 1 amide bonds. The molecule has 0 atom stereocenters. The van der Waals surface area contributed by atoms with E-state index in [1.165, 1.54) is 0 Å². The number of hydrogen-bond acceptors (Lipinski definition) is 9. The van der Waals surface area contributed by atoms with E-state index in [0.717, 1.165) is 44.7 Å². The fourth-order valence-electron chi connectivity index (χ4n) is 4.29. The molecule has 0 unspecified atom stereocenters. The molecule has 0 saturated carbocycles. The molecular formula is C27H40N8O2. The molecule has 37 heavy (non-hydrogen) atoms. The molecule has 2 N–H and O–H groups in total. The van der Waals surface area contributed by atoms with Crippen LogP contribution in [0.15, 0.2) is 18.2 Å². The molecule has 1 aromatic carbocycles. The number of aromatic nitrogens is 2. The first-order valence-electron chi connectivity index (χ1n) is 12.8. The second kappa shape index (κ2) is 12.2. The standard InChI is InChI=1S/C27H40N8O2/c1-8-37-32-25(36)20-11-10-19(2)22(16-20)29-23-21(17-28)24(35-13-9-12-33(6)14-15-35)31-26(30-23)34(7)18-27(3,4)5/h10-11,16H,8-9,12-15,18H2,1-7H3,(H,32,36)(H,29,30,31). The number of carbonyl (C=O) groups is 1. The van der Waals surface area contributed by atoms with Gasteiger partial charge in [-0.15, -0.1) is 0 Å². The Balaban J connectivity index is 2.07. The van der Waals surface area contributed by atoms with Gasteiger partial charge in [-0.1, -0.05) is 26.8 Å². The van der Waals surface area contributed by atoms with Gasteiger partial charge in [-0.2, -0.15) is 15.2 Å². The normalized spacial score (nSPS) is 14.6. The number of carbonyl (C=O) groups excluding carboxylic acids is 1. The highest BCUT2D eigenvalue weighted by atomic mass is 16.6. The summed E-state index contributed by atoms with van der Waals surface area (Å²) in [6.07, 6.45) is 0.984. The summed E-state index contributed by atoms with van der Waals surface area (Å²) in [5.41, 5.74) is 4.89. The maximum absolute atomic E-state index is 12.5. The Morgan fingerprint density at radius 1 is 1.22 bits per heavy atom. The lowest BCUT2D eigenvalue weighted by Gasteiger charge is -2.29. The first kappa shape index (κ1) is 28.2. The summed E-state index contributed by atoms with van der Waals surface area (Å²) in [7, 11) is 4.09. The van der Waals surface area contributed by atoms with Crippen LogP contribution < -0.4 is 20.6 Å². The summed E-state index contributed by atoms with van der Waals surface area (Å²) in [5, 5.41) is 13.6. The van der Waals surface area contributed by atoms with Crippen molar-refractivity contribution in [1.29, 1.82) is 5.26 Å². The molecule has 0 spiro atoms. The van der Waals surface area contributed by atoms with Crippen molar-refractivity contribution in [2.45, 2.75) is 41.0 Å². The van der Waals surface area contributed by atoms with Crippen molar-refractivity contribution in [3.63, 3.8) is 0 Å². The largest absolute Gasteiger partial charge is 0.354 e. The van der Waals surface area contributed by atoms with Gasteiger partial charge in [-0.25, -0.2) is 5.48 Å². The van der Waals surface area contributed by atoms with Crippen molar-refractivity contribution >= 4 is 29.2 Å². The Labute approximate surface area is 220 Å². The number of aryl methyl sites for hydroxylation is 1. The summed E-state index contributed by atoms with van der Waals surface area (Å²) >= 11 is 0. The summed E-state index contributed by atoms with van der Waals surface area (Å²) in [4.78, 5) is 33.7. The van der Waals surface area contributed by atoms with E-state index < -0.39 is 0 Å². The molecule has 0 bridgehead atoms. The van der Waals surface area contributed by atoms with E-state index in [2.05, 4.69) is 54.5 Å². The van der Waals surface area contributed by atoms with Gasteiger partial charge < -0.3 is 20.0 Å². The number of nitrogens with one attached hydrogen (secondary N) is 2. The summed E-state index contributed by atoms with van der Waals surface area (Å²) in [6.45, 7) is 14.8. The molecule has 0 aliphatic carbocycles. The van der Waals surface area contributed by atoms with Gasteiger partial charge in [0.1, 0.15) is 11.6 Å². The number of likely N-dealkylation sites (N-methyl/N-ethyl adjacent to an activating group) is 1. The quantitative estimate of drug-likeness (QED) is 0.516. The maximum Gasteiger partial charge on any atom is 0.274 e. The van der Waals surface area contributed by atoms with Crippen LogP contribution in [0.1, 0.15) is 55.6 Å². The topological polar surface area (TPSA) is 110 Å². The van der Waals surface area contributed by atoms with Gasteiger partial charge in [0.25, 0.3) is 5.91 Å². The molecule has 0 radical (unpaired) electrons. The van der Waals surface area contributed by atoms with Crippen LogP contribution >= 0.6 is 0 Å². The molecule has 10 heteroatoms. The van der Waals surface area contributed by atoms with Crippen molar-refractivity contribution in [3.8, 4) is 6.07 Å². The smallest absolute Gasteiger partial charge is 0.274 e. The minimum Gasteiger partial charge on any atom is -0.354 e. The van der Waals surface area contributed by atoms with Crippen LogP contribution in [0.25, 0.3) is 0 Å². The second-order valence-electron chi connectivity index (χ2n) is 10.8. The minimum atomic E-state index is -0.340. The molecular weight excluding hydrogens is 468 g/mol. The Kier molecular flexibility index (Phi) is 9.29. The van der Waals surface area contributed by atoms with E-state index in [1.807, 2.05) is 24.9 Å².